The van der Waals surface area contributed by atoms with E-state index in [0.717, 1.165) is 88.3 Å². The molecule has 1 aliphatic carbocycles. The number of anilines is 6. The number of nitrogens with zero attached hydrogens (tertiary/aromatic N) is 7. The Balaban J connectivity index is 0.765. The van der Waals surface area contributed by atoms with Gasteiger partial charge in [0.05, 0.1) is 39.7 Å². The van der Waals surface area contributed by atoms with Gasteiger partial charge in [0.15, 0.2) is 0 Å². The second kappa shape index (κ2) is 19.3. The highest BCUT2D eigenvalue weighted by atomic mass is 79.9. The van der Waals surface area contributed by atoms with E-state index in [0.29, 0.717) is 62.9 Å². The van der Waals surface area contributed by atoms with Crippen LogP contribution in [0, 0.1) is 5.92 Å². The van der Waals surface area contributed by atoms with Crippen LogP contribution < -0.4 is 36.2 Å². The van der Waals surface area contributed by atoms with Gasteiger partial charge in [-0.05, 0) is 109 Å². The topological polar surface area (TPSA) is 187 Å². The second-order valence-electron chi connectivity index (χ2n) is 18.1. The number of fused-ring (bicyclic) bond motifs is 1. The molecule has 66 heavy (non-hydrogen) atoms. The lowest BCUT2D eigenvalue weighted by Gasteiger charge is -2.45. The third kappa shape index (κ3) is 9.75. The van der Waals surface area contributed by atoms with Gasteiger partial charge in [0, 0.05) is 99.7 Å². The molecule has 3 aromatic carbocycles. The van der Waals surface area contributed by atoms with Gasteiger partial charge in [-0.15, -0.1) is 0 Å². The minimum absolute atomic E-state index is 0.0492. The lowest BCUT2D eigenvalue weighted by Crippen LogP contribution is -2.56. The summed E-state index contributed by atoms with van der Waals surface area (Å²) in [5.74, 6) is 1.16. The highest BCUT2D eigenvalue weighted by molar-refractivity contribution is 9.10. The number of imide groups is 1. The van der Waals surface area contributed by atoms with E-state index in [4.69, 9.17) is 9.72 Å². The molecule has 9 rings (SSSR count). The summed E-state index contributed by atoms with van der Waals surface area (Å²) in [6.07, 6.45) is 10.4. The SMILES string of the molecule is CCc1cc(Nc2ncc(Br)c(Nc3ccc4nccnc4c3P(C)(C)=O)n2)c(OC)cc1N1CCC(N2CCN(C(=O)C3CC(Nc4ccc(C5CCC(=O)NC5=O)cc4)C3)CC2)CC1. The van der Waals surface area contributed by atoms with Crippen LogP contribution in [0.5, 0.6) is 5.75 Å². The van der Waals surface area contributed by atoms with E-state index in [2.05, 4.69) is 85.9 Å². The van der Waals surface area contributed by atoms with Crippen LogP contribution in [0.4, 0.5) is 34.5 Å². The van der Waals surface area contributed by atoms with E-state index in [1.54, 1.807) is 39.0 Å². The van der Waals surface area contributed by atoms with Crippen LogP contribution in [0.3, 0.4) is 0 Å². The summed E-state index contributed by atoms with van der Waals surface area (Å²) in [4.78, 5) is 62.7. The number of aromatic nitrogens is 4. The fourth-order valence-corrected chi connectivity index (χ4v) is 11.6. The Morgan fingerprint density at radius 2 is 1.65 bits per heavy atom. The molecule has 4 fully saturated rings. The van der Waals surface area contributed by atoms with E-state index in [9.17, 15) is 18.9 Å². The van der Waals surface area contributed by atoms with Crippen molar-refractivity contribution in [3.05, 3.63) is 82.7 Å². The van der Waals surface area contributed by atoms with E-state index in [-0.39, 0.29) is 35.6 Å². The number of ether oxygens (including phenoxy) is 1. The van der Waals surface area contributed by atoms with Crippen molar-refractivity contribution < 1.29 is 23.7 Å². The molecule has 5 aromatic rings. The zero-order chi connectivity index (χ0) is 46.1. The predicted octanol–water partition coefficient (Wildman–Crippen LogP) is 7.01. The Morgan fingerprint density at radius 3 is 2.35 bits per heavy atom. The summed E-state index contributed by atoms with van der Waals surface area (Å²) in [6.45, 7) is 10.8. The molecule has 1 atom stereocenters. The fraction of sp³-hybridized carbons (Fsp3) is 0.438. The number of rotatable bonds is 13. The Bertz CT molecular complexity index is 2680. The van der Waals surface area contributed by atoms with Crippen LogP contribution in [0.25, 0.3) is 11.0 Å². The maximum absolute atomic E-state index is 13.5. The molecule has 1 saturated carbocycles. The number of benzene rings is 3. The number of hydrogen-bond acceptors (Lipinski definition) is 14. The number of hydrogen-bond donors (Lipinski definition) is 4. The molecular formula is C48H57BrN11O5P. The molecular weight excluding hydrogens is 921 g/mol. The van der Waals surface area contributed by atoms with Crippen molar-refractivity contribution >= 4 is 91.6 Å². The first kappa shape index (κ1) is 45.5. The molecule has 0 spiro atoms. The maximum atomic E-state index is 13.5. The number of halogens is 1. The molecule has 2 aromatic heterocycles. The van der Waals surface area contributed by atoms with Crippen molar-refractivity contribution in [3.8, 4) is 5.75 Å². The third-order valence-electron chi connectivity index (χ3n) is 13.5. The molecule has 3 amide bonds. The molecule has 5 heterocycles. The zero-order valence-electron chi connectivity index (χ0n) is 37.8. The van der Waals surface area contributed by atoms with Gasteiger partial charge in [0.1, 0.15) is 24.2 Å². The molecule has 0 bridgehead atoms. The molecule has 4 N–H and O–H groups in total. The van der Waals surface area contributed by atoms with Crippen molar-refractivity contribution in [2.24, 2.45) is 5.92 Å². The predicted molar refractivity (Wildman–Crippen MR) is 262 cm³/mol. The van der Waals surface area contributed by atoms with Gasteiger partial charge in [0.25, 0.3) is 0 Å². The van der Waals surface area contributed by atoms with Gasteiger partial charge >= 0.3 is 0 Å². The first-order valence-electron chi connectivity index (χ1n) is 22.9. The normalized spacial score (nSPS) is 20.7. The minimum Gasteiger partial charge on any atom is -0.494 e. The number of nitrogens with one attached hydrogen (secondary N) is 4. The summed E-state index contributed by atoms with van der Waals surface area (Å²) < 4.78 is 20.1. The Labute approximate surface area is 393 Å². The summed E-state index contributed by atoms with van der Waals surface area (Å²) in [5.41, 5.74) is 6.92. The van der Waals surface area contributed by atoms with Crippen LogP contribution in [0.1, 0.15) is 62.5 Å². The van der Waals surface area contributed by atoms with Crippen LogP contribution >= 0.6 is 23.1 Å². The molecule has 16 nitrogen and oxygen atoms in total. The molecule has 0 radical (unpaired) electrons. The highest BCUT2D eigenvalue weighted by Gasteiger charge is 2.39. The number of amides is 3. The largest absolute Gasteiger partial charge is 0.494 e. The van der Waals surface area contributed by atoms with Crippen molar-refractivity contribution in [1.29, 1.82) is 0 Å². The van der Waals surface area contributed by atoms with Gasteiger partial charge in [-0.2, -0.15) is 4.98 Å². The van der Waals surface area contributed by atoms with E-state index >= 15 is 0 Å². The lowest BCUT2D eigenvalue weighted by atomic mass is 9.79. The summed E-state index contributed by atoms with van der Waals surface area (Å²) >= 11 is 3.60. The summed E-state index contributed by atoms with van der Waals surface area (Å²) in [7, 11) is -1.10. The third-order valence-corrected chi connectivity index (χ3v) is 15.6. The van der Waals surface area contributed by atoms with Crippen molar-refractivity contribution in [2.45, 2.75) is 69.9 Å². The van der Waals surface area contributed by atoms with Crippen molar-refractivity contribution in [1.82, 2.24) is 35.1 Å². The van der Waals surface area contributed by atoms with Crippen LogP contribution in [0.15, 0.2) is 71.6 Å². The van der Waals surface area contributed by atoms with Crippen molar-refractivity contribution in [2.75, 3.05) is 80.6 Å². The quantitative estimate of drug-likeness (QED) is 0.0697. The average molecular weight is 979 g/mol. The molecule has 4 aliphatic rings. The van der Waals surface area contributed by atoms with Gasteiger partial charge < -0.3 is 35.1 Å². The Kier molecular flexibility index (Phi) is 13.3. The Hall–Kier alpha value is -5.64. The zero-order valence-corrected chi connectivity index (χ0v) is 40.3. The smallest absolute Gasteiger partial charge is 0.234 e. The first-order chi connectivity index (χ1) is 31.8. The molecule has 346 valence electrons. The molecule has 3 saturated heterocycles. The van der Waals surface area contributed by atoms with Gasteiger partial charge in [-0.25, -0.2) is 4.98 Å². The Morgan fingerprint density at radius 1 is 0.909 bits per heavy atom. The monoisotopic (exact) mass is 977 g/mol. The summed E-state index contributed by atoms with van der Waals surface area (Å²) in [5, 5.41) is 13.4. The fourth-order valence-electron chi connectivity index (χ4n) is 9.92. The standard InChI is InChI=1S/C48H57BrN11O5P/c1-5-29-26-39(55-48-52-28-36(49)45(57-48)54-38-12-11-37-43(51-17-16-50-37)44(38)66(3,4)64)41(65-2)27-40(29)59-18-14-34(15-19-59)58-20-22-60(23-21-58)47(63)31-24-33(25-31)53-32-8-6-30(7-9-32)35-10-13-42(61)56-46(35)62/h6-9,11-12,16-17,26-28,31,33-35,53H,5,10,13-15,18-25H2,1-4H3,(H,56,61,62)(H2,52,54,55,57). The minimum atomic E-state index is -2.78. The molecule has 3 aliphatic heterocycles. The second-order valence-corrected chi connectivity index (χ2v) is 22.1. The number of piperazine rings is 1. The van der Waals surface area contributed by atoms with Crippen molar-refractivity contribution in [3.63, 3.8) is 0 Å². The average Bonchev–Trinajstić information content (AvgIpc) is 3.30. The summed E-state index contributed by atoms with van der Waals surface area (Å²) in [6, 6.07) is 16.6. The van der Waals surface area contributed by atoms with Crippen LogP contribution in [-0.4, -0.2) is 119 Å². The molecule has 1 unspecified atom stereocenters. The van der Waals surface area contributed by atoms with E-state index < -0.39 is 7.14 Å². The first-order valence-corrected chi connectivity index (χ1v) is 26.3. The number of methoxy groups -OCH3 is 1. The number of aryl methyl sites for hydroxylation is 1. The molecule has 18 heteroatoms. The van der Waals surface area contributed by atoms with Gasteiger partial charge in [0.2, 0.25) is 23.7 Å². The van der Waals surface area contributed by atoms with Crippen LogP contribution in [-0.2, 0) is 25.4 Å². The number of piperidine rings is 2. The van der Waals surface area contributed by atoms with E-state index in [1.165, 1.54) is 11.3 Å². The van der Waals surface area contributed by atoms with Gasteiger partial charge in [-0.1, -0.05) is 19.1 Å². The highest BCUT2D eigenvalue weighted by Crippen LogP contribution is 2.42. The van der Waals surface area contributed by atoms with E-state index in [1.807, 2.05) is 36.4 Å². The van der Waals surface area contributed by atoms with Gasteiger partial charge in [-0.3, -0.25) is 34.6 Å². The maximum Gasteiger partial charge on any atom is 0.234 e. The van der Waals surface area contributed by atoms with Crippen LogP contribution in [0.2, 0.25) is 0 Å². The number of carbonyl (C=O) groups is 3. The number of carbonyl (C=O) groups excluding carboxylic acids is 3. The lowest BCUT2D eigenvalue weighted by molar-refractivity contribution is -0.140.